The second-order valence-corrected chi connectivity index (χ2v) is 10.5. The van der Waals surface area contributed by atoms with Crippen LogP contribution in [-0.4, -0.2) is 31.7 Å². The van der Waals surface area contributed by atoms with E-state index in [1.807, 2.05) is 0 Å². The predicted octanol–water partition coefficient (Wildman–Crippen LogP) is 5.11. The van der Waals surface area contributed by atoms with Crippen molar-refractivity contribution >= 4 is 47.8 Å². The Labute approximate surface area is 169 Å². The first kappa shape index (κ1) is 23.0. The number of nitrogens with one attached hydrogen (secondary N) is 1. The highest BCUT2D eigenvalue weighted by Gasteiger charge is 2.66. The van der Waals surface area contributed by atoms with Crippen LogP contribution in [0.1, 0.15) is 10.4 Å². The van der Waals surface area contributed by atoms with Crippen LogP contribution in [0, 0.1) is 0 Å². The molecule has 2 rings (SSSR count). The van der Waals surface area contributed by atoms with E-state index in [2.05, 4.69) is 20.7 Å². The molecule has 0 amide bonds. The van der Waals surface area contributed by atoms with Crippen LogP contribution in [0.25, 0.3) is 0 Å². The molecule has 7 nitrogen and oxygen atoms in total. The largest absolute Gasteiger partial charge is 0.507 e. The number of phenols is 2. The van der Waals surface area contributed by atoms with Gasteiger partial charge in [0.1, 0.15) is 21.1 Å². The number of anilines is 1. The van der Waals surface area contributed by atoms with E-state index >= 15 is 0 Å². The molecule has 2 aromatic carbocycles. The van der Waals surface area contributed by atoms with Gasteiger partial charge in [0.15, 0.2) is 5.75 Å². The van der Waals surface area contributed by atoms with Gasteiger partial charge in [0, 0.05) is 4.47 Å². The summed E-state index contributed by atoms with van der Waals surface area (Å²) in [5, 5.41) is 19.7. The topological polar surface area (TPSA) is 113 Å². The van der Waals surface area contributed by atoms with Crippen molar-refractivity contribution in [3.63, 3.8) is 0 Å². The first-order chi connectivity index (χ1) is 12.9. The van der Waals surface area contributed by atoms with Gasteiger partial charge in [-0.25, -0.2) is 13.2 Å². The lowest BCUT2D eigenvalue weighted by molar-refractivity contribution is 0.0597. The lowest BCUT2D eigenvalue weighted by Crippen LogP contribution is -2.16. The van der Waals surface area contributed by atoms with Crippen LogP contribution in [0.15, 0.2) is 44.6 Å². The first-order valence-electron chi connectivity index (χ1n) is 7.06. The van der Waals surface area contributed by atoms with Crippen molar-refractivity contribution in [2.45, 2.75) is 9.79 Å². The van der Waals surface area contributed by atoms with E-state index in [9.17, 15) is 42.9 Å². The Balaban J connectivity index is 2.75. The summed E-state index contributed by atoms with van der Waals surface area (Å²) in [7, 11) is -14.6. The van der Waals surface area contributed by atoms with Gasteiger partial charge in [-0.3, -0.25) is 4.72 Å². The van der Waals surface area contributed by atoms with Crippen LogP contribution in [0.5, 0.6) is 11.5 Å². The quantitative estimate of drug-likeness (QED) is 0.283. The zero-order chi connectivity index (χ0) is 22.5. The molecule has 0 saturated heterocycles. The Morgan fingerprint density at radius 3 is 2.21 bits per heavy atom. The van der Waals surface area contributed by atoms with Crippen molar-refractivity contribution in [2.75, 3.05) is 11.8 Å². The van der Waals surface area contributed by atoms with Crippen molar-refractivity contribution in [1.82, 2.24) is 0 Å². The number of hydrogen-bond donors (Lipinski definition) is 3. The maximum Gasteiger partial charge on any atom is 0.341 e. The zero-order valence-electron chi connectivity index (χ0n) is 14.0. The molecule has 0 aliphatic heterocycles. The van der Waals surface area contributed by atoms with Crippen LogP contribution in [0.3, 0.4) is 0 Å². The number of esters is 1. The highest BCUT2D eigenvalue weighted by Crippen LogP contribution is 3.02. The second-order valence-electron chi connectivity index (χ2n) is 5.55. The third kappa shape index (κ3) is 5.02. The summed E-state index contributed by atoms with van der Waals surface area (Å²) in [6, 6.07) is 2.33. The lowest BCUT2D eigenvalue weighted by atomic mass is 10.2. The third-order valence-electron chi connectivity index (χ3n) is 3.39. The SMILES string of the molecule is COC(=O)c1cc(S(F)(F)(F)(F)F)cc(NS(=O)(=O)c2cc(Br)ccc2O)c1O. The summed E-state index contributed by atoms with van der Waals surface area (Å²) in [6.07, 6.45) is 0. The van der Waals surface area contributed by atoms with E-state index in [1.54, 1.807) is 0 Å². The van der Waals surface area contributed by atoms with E-state index in [4.69, 9.17) is 0 Å². The predicted molar refractivity (Wildman–Crippen MR) is 97.5 cm³/mol. The maximum absolute atomic E-state index is 13.2. The molecule has 0 aromatic heterocycles. The average molecular weight is 528 g/mol. The number of methoxy groups -OCH3 is 1. The first-order valence-corrected chi connectivity index (χ1v) is 11.3. The minimum atomic E-state index is -10.4. The van der Waals surface area contributed by atoms with Gasteiger partial charge in [0.05, 0.1) is 12.8 Å². The van der Waals surface area contributed by atoms with Crippen molar-refractivity contribution in [1.29, 1.82) is 0 Å². The normalized spacial score (nSPS) is 14.6. The molecule has 0 spiro atoms. The van der Waals surface area contributed by atoms with Crippen molar-refractivity contribution in [3.05, 3.63) is 40.4 Å². The summed E-state index contributed by atoms with van der Waals surface area (Å²) >= 11 is 2.92. The summed E-state index contributed by atoms with van der Waals surface area (Å²) in [5.41, 5.74) is -2.73. The Morgan fingerprint density at radius 1 is 1.10 bits per heavy atom. The zero-order valence-corrected chi connectivity index (χ0v) is 17.2. The minimum absolute atomic E-state index is 0.149. The highest BCUT2D eigenvalue weighted by atomic mass is 79.9. The molecule has 0 heterocycles. The monoisotopic (exact) mass is 527 g/mol. The fraction of sp³-hybridized carbons (Fsp3) is 0.0714. The van der Waals surface area contributed by atoms with Gasteiger partial charge in [-0.15, -0.1) is 0 Å². The van der Waals surface area contributed by atoms with Gasteiger partial charge in [0.25, 0.3) is 10.0 Å². The van der Waals surface area contributed by atoms with Crippen molar-refractivity contribution in [3.8, 4) is 11.5 Å². The molecule has 0 saturated carbocycles. The van der Waals surface area contributed by atoms with E-state index in [0.29, 0.717) is 7.11 Å². The average Bonchev–Trinajstić information content (AvgIpc) is 2.55. The fourth-order valence-electron chi connectivity index (χ4n) is 2.08. The Morgan fingerprint density at radius 2 is 1.69 bits per heavy atom. The molecule has 0 bridgehead atoms. The Bertz CT molecular complexity index is 1120. The maximum atomic E-state index is 13.2. The molecule has 162 valence electrons. The van der Waals surface area contributed by atoms with Gasteiger partial charge in [-0.1, -0.05) is 35.4 Å². The lowest BCUT2D eigenvalue weighted by Gasteiger charge is -2.40. The second kappa shape index (κ2) is 6.37. The van der Waals surface area contributed by atoms with Crippen molar-refractivity contribution < 1.29 is 47.6 Å². The molecule has 29 heavy (non-hydrogen) atoms. The van der Waals surface area contributed by atoms with Gasteiger partial charge in [-0.2, -0.15) is 0 Å². The Hall–Kier alpha value is -2.26. The molecule has 0 atom stereocenters. The van der Waals surface area contributed by atoms with Crippen LogP contribution in [-0.2, 0) is 14.8 Å². The minimum Gasteiger partial charge on any atom is -0.507 e. The Kier molecular flexibility index (Phi) is 5.06. The molecule has 15 heteroatoms. The van der Waals surface area contributed by atoms with E-state index in [1.165, 1.54) is 10.8 Å². The van der Waals surface area contributed by atoms with Crippen LogP contribution in [0.4, 0.5) is 25.1 Å². The molecular weight excluding hydrogens is 517 g/mol. The van der Waals surface area contributed by atoms with E-state index in [0.717, 1.165) is 12.1 Å². The summed E-state index contributed by atoms with van der Waals surface area (Å²) in [5.74, 6) is -3.84. The van der Waals surface area contributed by atoms with Crippen LogP contribution < -0.4 is 4.72 Å². The van der Waals surface area contributed by atoms with E-state index < -0.39 is 58.8 Å². The summed E-state index contributed by atoms with van der Waals surface area (Å²) < 4.78 is 96.7. The standard InChI is InChI=1S/C14H11BrF5NO6S2/c1-27-14(24)9-5-8(29(16,17,18,19)20)6-10(13(9)23)21-28(25,26)12-4-7(15)2-3-11(12)22/h2-6,21-23H,1H3. The van der Waals surface area contributed by atoms with E-state index in [-0.39, 0.29) is 16.6 Å². The molecule has 0 fully saturated rings. The van der Waals surface area contributed by atoms with Crippen LogP contribution >= 0.6 is 26.2 Å². The molecule has 0 aliphatic rings. The number of benzene rings is 2. The fourth-order valence-corrected chi connectivity index (χ4v) is 4.45. The van der Waals surface area contributed by atoms with Crippen LogP contribution in [0.2, 0.25) is 0 Å². The third-order valence-corrected chi connectivity index (χ3v) is 6.40. The van der Waals surface area contributed by atoms with Gasteiger partial charge >= 0.3 is 16.2 Å². The van der Waals surface area contributed by atoms with Gasteiger partial charge in [-0.05, 0) is 30.3 Å². The number of aromatic hydroxyl groups is 2. The molecule has 0 unspecified atom stereocenters. The number of carbonyl (C=O) groups is 1. The van der Waals surface area contributed by atoms with Crippen molar-refractivity contribution in [2.24, 2.45) is 0 Å². The smallest absolute Gasteiger partial charge is 0.341 e. The molecule has 2 aromatic rings. The number of carbonyl (C=O) groups excluding carboxylic acids is 1. The summed E-state index contributed by atoms with van der Waals surface area (Å²) in [4.78, 5) is 8.12. The highest BCUT2D eigenvalue weighted by molar-refractivity contribution is 9.10. The molecule has 0 radical (unpaired) electrons. The number of rotatable bonds is 5. The number of hydrogen-bond acceptors (Lipinski definition) is 6. The van der Waals surface area contributed by atoms with Gasteiger partial charge < -0.3 is 14.9 Å². The number of sulfonamides is 1. The number of ether oxygens (including phenoxy) is 1. The molecular formula is C14H11BrF5NO6S2. The number of phenolic OH excluding ortho intramolecular Hbond substituents is 2. The van der Waals surface area contributed by atoms with Gasteiger partial charge in [0.2, 0.25) is 0 Å². The number of halogens is 6. The molecule has 0 aliphatic carbocycles. The summed E-state index contributed by atoms with van der Waals surface area (Å²) in [6.45, 7) is 0. The molecule has 3 N–H and O–H groups in total.